The van der Waals surface area contributed by atoms with Crippen LogP contribution in [0.2, 0.25) is 0 Å². The van der Waals surface area contributed by atoms with E-state index in [1.807, 2.05) is 0 Å². The van der Waals surface area contributed by atoms with Gasteiger partial charge in [-0.15, -0.1) is 11.3 Å². The molecule has 2 atom stereocenters. The Kier molecular flexibility index (Phi) is 6.66. The third-order valence-corrected chi connectivity index (χ3v) is 6.46. The lowest BCUT2D eigenvalue weighted by Gasteiger charge is -2.43. The number of nitrogens with one attached hydrogen (secondary N) is 1. The largest absolute Gasteiger partial charge is 0.419 e. The molecule has 1 fully saturated rings. The fourth-order valence-corrected chi connectivity index (χ4v) is 4.78. The first-order valence-electron chi connectivity index (χ1n) is 10.5. The molecule has 8 nitrogen and oxygen atoms in total. The number of rotatable bonds is 5. The number of hydrogen-bond acceptors (Lipinski definition) is 8. The molecule has 3 aromatic rings. The topological polar surface area (TPSA) is 96.8 Å². The zero-order valence-electron chi connectivity index (χ0n) is 18.6. The Hall–Kier alpha value is -3.29. The van der Waals surface area contributed by atoms with Gasteiger partial charge in [-0.1, -0.05) is 6.92 Å². The summed E-state index contributed by atoms with van der Waals surface area (Å²) in [7, 11) is 0. The number of carbonyl (C=O) groups is 1. The maximum atomic E-state index is 14.5. The van der Waals surface area contributed by atoms with Crippen LogP contribution in [-0.2, 0) is 6.18 Å². The highest BCUT2D eigenvalue weighted by Crippen LogP contribution is 2.37. The summed E-state index contributed by atoms with van der Waals surface area (Å²) >= 11 is 1.18. The molecule has 1 N–H and O–H groups in total. The lowest BCUT2D eigenvalue weighted by molar-refractivity contribution is -0.138. The Morgan fingerprint density at radius 1 is 1.20 bits per heavy atom. The van der Waals surface area contributed by atoms with Gasteiger partial charge in [-0.3, -0.25) is 4.79 Å². The lowest BCUT2D eigenvalue weighted by atomic mass is 9.88. The zero-order valence-corrected chi connectivity index (χ0v) is 19.4. The first kappa shape index (κ1) is 24.8. The molecule has 0 saturated carbocycles. The van der Waals surface area contributed by atoms with Crippen molar-refractivity contribution in [1.29, 1.82) is 0 Å². The highest BCUT2D eigenvalue weighted by Gasteiger charge is 2.47. The second-order valence-corrected chi connectivity index (χ2v) is 9.40. The maximum Gasteiger partial charge on any atom is 0.419 e. The molecular weight excluding hydrogens is 493 g/mol. The van der Waals surface area contributed by atoms with Crippen molar-refractivity contribution >= 4 is 23.2 Å². The molecule has 0 bridgehead atoms. The molecule has 3 aromatic heterocycles. The highest BCUT2D eigenvalue weighted by molar-refractivity contribution is 7.15. The van der Waals surface area contributed by atoms with Gasteiger partial charge in [0.25, 0.3) is 11.8 Å². The van der Waals surface area contributed by atoms with E-state index in [1.165, 1.54) is 23.7 Å². The molecule has 4 heterocycles. The molecule has 0 aliphatic carbocycles. The summed E-state index contributed by atoms with van der Waals surface area (Å²) in [5, 5.41) is 3.31. The summed E-state index contributed by atoms with van der Waals surface area (Å²) in [4.78, 5) is 34.8. The number of aryl methyl sites for hydroxylation is 1. The van der Waals surface area contributed by atoms with Gasteiger partial charge < -0.3 is 10.2 Å². The summed E-state index contributed by atoms with van der Waals surface area (Å²) in [6.07, 6.45) is -0.792. The van der Waals surface area contributed by atoms with Crippen LogP contribution in [0.4, 0.5) is 27.9 Å². The number of carbonyl (C=O) groups excluding carboxylic acids is 1. The molecule has 4 rings (SSSR count). The minimum atomic E-state index is -4.59. The molecule has 0 spiro atoms. The Bertz CT molecular complexity index is 1190. The van der Waals surface area contributed by atoms with Crippen molar-refractivity contribution < 1.29 is 26.7 Å². The van der Waals surface area contributed by atoms with Gasteiger partial charge in [0.15, 0.2) is 11.5 Å². The molecule has 0 unspecified atom stereocenters. The monoisotopic (exact) mass is 513 g/mol. The number of piperidine rings is 1. The van der Waals surface area contributed by atoms with Gasteiger partial charge in [-0.25, -0.2) is 33.7 Å². The molecule has 186 valence electrons. The fourth-order valence-electron chi connectivity index (χ4n) is 3.92. The van der Waals surface area contributed by atoms with Gasteiger partial charge >= 0.3 is 6.18 Å². The number of halogens is 5. The van der Waals surface area contributed by atoms with E-state index in [4.69, 9.17) is 0 Å². The van der Waals surface area contributed by atoms with E-state index in [1.54, 1.807) is 19.9 Å². The van der Waals surface area contributed by atoms with E-state index >= 15 is 0 Å². The van der Waals surface area contributed by atoms with Crippen molar-refractivity contribution in [3.05, 3.63) is 47.1 Å². The number of anilines is 1. The summed E-state index contributed by atoms with van der Waals surface area (Å²) in [6.45, 7) is 2.39. The van der Waals surface area contributed by atoms with E-state index in [9.17, 15) is 26.7 Å². The maximum absolute atomic E-state index is 14.5. The Balaban J connectivity index is 1.60. The second kappa shape index (κ2) is 9.40. The molecule has 35 heavy (non-hydrogen) atoms. The van der Waals surface area contributed by atoms with Gasteiger partial charge in [-0.05, 0) is 18.9 Å². The zero-order chi connectivity index (χ0) is 25.4. The summed E-state index contributed by atoms with van der Waals surface area (Å²) in [6, 6.07) is 0.885. The van der Waals surface area contributed by atoms with E-state index in [0.29, 0.717) is 22.3 Å². The number of likely N-dealkylation sites (tertiary alicyclic amines) is 1. The predicted molar refractivity (Wildman–Crippen MR) is 117 cm³/mol. The van der Waals surface area contributed by atoms with Crippen LogP contribution in [0.15, 0.2) is 30.9 Å². The van der Waals surface area contributed by atoms with Gasteiger partial charge in [0.05, 0.1) is 23.2 Å². The number of alkyl halides is 5. The van der Waals surface area contributed by atoms with Crippen molar-refractivity contribution in [2.24, 2.45) is 5.92 Å². The highest BCUT2D eigenvalue weighted by atomic mass is 32.1. The summed E-state index contributed by atoms with van der Waals surface area (Å²) in [5.74, 6) is -4.32. The number of hydrogen-bond donors (Lipinski definition) is 1. The molecule has 1 saturated heterocycles. The predicted octanol–water partition coefficient (Wildman–Crippen LogP) is 4.32. The number of thiazole rings is 1. The first-order chi connectivity index (χ1) is 16.4. The Morgan fingerprint density at radius 2 is 1.86 bits per heavy atom. The fraction of sp³-hybridized carbons (Fsp3) is 0.429. The molecule has 1 amide bonds. The SMILES string of the molecule is Cc1nc(C(=O)N2CC(F)(F)C[C@@H](C)[C@H]2CNc2ncc(C(F)(F)F)cn2)c(-c2ncccn2)s1. The van der Waals surface area contributed by atoms with Gasteiger partial charge in [-0.2, -0.15) is 13.2 Å². The van der Waals surface area contributed by atoms with Crippen LogP contribution in [0.25, 0.3) is 10.7 Å². The van der Waals surface area contributed by atoms with Crippen LogP contribution in [0.3, 0.4) is 0 Å². The second-order valence-electron chi connectivity index (χ2n) is 8.19. The van der Waals surface area contributed by atoms with Crippen molar-refractivity contribution in [1.82, 2.24) is 29.8 Å². The van der Waals surface area contributed by atoms with Crippen molar-refractivity contribution in [2.45, 2.75) is 38.4 Å². The van der Waals surface area contributed by atoms with Crippen LogP contribution in [0, 0.1) is 12.8 Å². The van der Waals surface area contributed by atoms with Crippen LogP contribution in [0.1, 0.15) is 34.4 Å². The van der Waals surface area contributed by atoms with Gasteiger partial charge in [0.1, 0.15) is 4.88 Å². The number of nitrogens with zero attached hydrogens (tertiary/aromatic N) is 6. The molecule has 14 heteroatoms. The average Bonchev–Trinajstić information content (AvgIpc) is 3.19. The molecule has 1 aliphatic heterocycles. The van der Waals surface area contributed by atoms with E-state index in [2.05, 4.69) is 30.2 Å². The van der Waals surface area contributed by atoms with Crippen LogP contribution < -0.4 is 5.32 Å². The summed E-state index contributed by atoms with van der Waals surface area (Å²) in [5.41, 5.74) is -1.04. The minimum Gasteiger partial charge on any atom is -0.352 e. The van der Waals surface area contributed by atoms with Crippen molar-refractivity contribution in [3.8, 4) is 10.7 Å². The first-order valence-corrected chi connectivity index (χ1v) is 11.3. The van der Waals surface area contributed by atoms with E-state index < -0.39 is 48.5 Å². The lowest BCUT2D eigenvalue weighted by Crippen LogP contribution is -2.57. The smallest absolute Gasteiger partial charge is 0.352 e. The quantitative estimate of drug-likeness (QED) is 0.508. The van der Waals surface area contributed by atoms with Crippen LogP contribution >= 0.6 is 11.3 Å². The molecule has 0 aromatic carbocycles. The van der Waals surface area contributed by atoms with Crippen LogP contribution in [-0.4, -0.2) is 60.8 Å². The summed E-state index contributed by atoms with van der Waals surface area (Å²) < 4.78 is 67.3. The normalized spacial score (nSPS) is 20.0. The Morgan fingerprint density at radius 3 is 2.49 bits per heavy atom. The van der Waals surface area contributed by atoms with E-state index in [-0.39, 0.29) is 24.0 Å². The molecule has 0 radical (unpaired) electrons. The van der Waals surface area contributed by atoms with Gasteiger partial charge in [0.2, 0.25) is 5.95 Å². The number of aromatic nitrogens is 5. The number of amides is 1. The third-order valence-electron chi connectivity index (χ3n) is 5.49. The van der Waals surface area contributed by atoms with Crippen molar-refractivity contribution in [2.75, 3.05) is 18.4 Å². The minimum absolute atomic E-state index is 0.0284. The Labute approximate surface area is 200 Å². The van der Waals surface area contributed by atoms with Crippen molar-refractivity contribution in [3.63, 3.8) is 0 Å². The standard InChI is InChI=1S/C21H20F5N7OS/c1-11-6-20(22,23)10-33(14(11)9-31-19-29-7-13(8-30-19)21(24,25)26)18(34)15-16(35-12(2)32-15)17-27-4-3-5-28-17/h3-5,7-8,11,14H,6,9-10H2,1-2H3,(H,29,30,31)/t11-,14-/m1/s1. The van der Waals surface area contributed by atoms with E-state index in [0.717, 1.165) is 4.90 Å². The van der Waals surface area contributed by atoms with Gasteiger partial charge in [0, 0.05) is 37.8 Å². The third kappa shape index (κ3) is 5.52. The van der Waals surface area contributed by atoms with Crippen LogP contribution in [0.5, 0.6) is 0 Å². The molecule has 1 aliphatic rings. The average molecular weight is 513 g/mol. The molecular formula is C21H20F5N7OS.